The van der Waals surface area contributed by atoms with Crippen LogP contribution in [0, 0.1) is 5.92 Å². The highest BCUT2D eigenvalue weighted by Crippen LogP contribution is 2.32. The molecule has 0 spiro atoms. The maximum atomic E-state index is 6.03. The number of nitrogens with two attached hydrogens (primary N) is 1. The highest BCUT2D eigenvalue weighted by molar-refractivity contribution is 7.99. The van der Waals surface area contributed by atoms with Crippen molar-refractivity contribution in [2.24, 2.45) is 16.0 Å². The van der Waals surface area contributed by atoms with Crippen molar-refractivity contribution in [2.45, 2.75) is 12.8 Å². The molecule has 20 heavy (non-hydrogen) atoms. The molecular formula is C14H20N4OS. The number of hydrogen-bond acceptors (Lipinski definition) is 6. The van der Waals surface area contributed by atoms with Crippen molar-refractivity contribution in [2.75, 3.05) is 31.5 Å². The van der Waals surface area contributed by atoms with Crippen LogP contribution in [0.1, 0.15) is 18.4 Å². The first kappa shape index (κ1) is 13.6. The van der Waals surface area contributed by atoms with Gasteiger partial charge in [-0.15, -0.1) is 0 Å². The summed E-state index contributed by atoms with van der Waals surface area (Å²) in [5, 5.41) is 0. The summed E-state index contributed by atoms with van der Waals surface area (Å²) in [4.78, 5) is 2.37. The van der Waals surface area contributed by atoms with E-state index in [0.29, 0.717) is 11.8 Å². The molecule has 3 N–H and O–H groups in total. The van der Waals surface area contributed by atoms with E-state index in [0.717, 1.165) is 30.2 Å². The van der Waals surface area contributed by atoms with Crippen molar-refractivity contribution in [3.8, 4) is 5.75 Å². The minimum Gasteiger partial charge on any atom is -0.492 e. The Morgan fingerprint density at radius 1 is 1.55 bits per heavy atom. The fourth-order valence-corrected chi connectivity index (χ4v) is 3.29. The van der Waals surface area contributed by atoms with Crippen LogP contribution in [0.3, 0.4) is 0 Å². The molecule has 0 unspecified atom stereocenters. The van der Waals surface area contributed by atoms with E-state index in [2.05, 4.69) is 21.1 Å². The van der Waals surface area contributed by atoms with Crippen LogP contribution < -0.4 is 15.2 Å². The molecule has 0 bridgehead atoms. The number of likely N-dealkylation sites (tertiary alicyclic amines) is 1. The quantitative estimate of drug-likeness (QED) is 0.835. The number of nitrogens with zero attached hydrogens (tertiary/aromatic N) is 2. The van der Waals surface area contributed by atoms with Crippen LogP contribution in [0.5, 0.6) is 5.75 Å². The first-order valence-electron chi connectivity index (χ1n) is 6.94. The predicted molar refractivity (Wildman–Crippen MR) is 84.1 cm³/mol. The van der Waals surface area contributed by atoms with Gasteiger partial charge in [-0.1, -0.05) is 6.07 Å². The largest absolute Gasteiger partial charge is 0.492 e. The monoisotopic (exact) mass is 292 g/mol. The van der Waals surface area contributed by atoms with Crippen molar-refractivity contribution in [3.05, 3.63) is 23.8 Å². The molecule has 1 aromatic rings. The molecule has 3 rings (SSSR count). The molecule has 2 aliphatic heterocycles. The summed E-state index contributed by atoms with van der Waals surface area (Å²) in [6.45, 7) is 3.03. The molecule has 0 saturated carbocycles. The van der Waals surface area contributed by atoms with Gasteiger partial charge in [0.25, 0.3) is 0 Å². The molecule has 0 radical (unpaired) electrons. The van der Waals surface area contributed by atoms with Gasteiger partial charge in [0.05, 0.1) is 30.0 Å². The first-order valence-corrected chi connectivity index (χ1v) is 7.71. The third-order valence-corrected chi connectivity index (χ3v) is 4.38. The van der Waals surface area contributed by atoms with E-state index in [-0.39, 0.29) is 0 Å². The SMILES string of the molecule is CN1CCC[C@H](COc2cccc3c2C(N)=NSN3)C1. The zero-order chi connectivity index (χ0) is 13.9. The average molecular weight is 292 g/mol. The van der Waals surface area contributed by atoms with Gasteiger partial charge < -0.3 is 20.1 Å². The van der Waals surface area contributed by atoms with E-state index in [1.807, 2.05) is 18.2 Å². The van der Waals surface area contributed by atoms with Gasteiger partial charge in [0.1, 0.15) is 11.6 Å². The minimum absolute atomic E-state index is 0.528. The second-order valence-corrected chi connectivity index (χ2v) is 6.00. The number of rotatable bonds is 3. The van der Waals surface area contributed by atoms with Crippen molar-refractivity contribution < 1.29 is 4.74 Å². The van der Waals surface area contributed by atoms with Gasteiger partial charge in [-0.05, 0) is 38.6 Å². The summed E-state index contributed by atoms with van der Waals surface area (Å²) in [7, 11) is 2.17. The molecule has 1 atom stereocenters. The third kappa shape index (κ3) is 2.86. The van der Waals surface area contributed by atoms with Crippen LogP contribution in [0.15, 0.2) is 22.6 Å². The molecule has 6 heteroatoms. The number of piperidine rings is 1. The van der Waals surface area contributed by atoms with Crippen LogP contribution in [0.2, 0.25) is 0 Å². The average Bonchev–Trinajstić information content (AvgIpc) is 2.45. The number of ether oxygens (including phenoxy) is 1. The van der Waals surface area contributed by atoms with Gasteiger partial charge in [-0.2, -0.15) is 4.40 Å². The van der Waals surface area contributed by atoms with E-state index in [1.54, 1.807) is 0 Å². The van der Waals surface area contributed by atoms with E-state index in [9.17, 15) is 0 Å². The topological polar surface area (TPSA) is 62.9 Å². The standard InChI is InChI=1S/C14H20N4OS/c1-18-7-3-4-10(8-18)9-19-12-6-2-5-11-13(12)14(15)17-20-16-11/h2,5-6,10,16H,3-4,7-9H2,1H3,(H2,15,17)/t10-/m0/s1. The fourth-order valence-electron chi connectivity index (χ4n) is 2.78. The Balaban J connectivity index is 1.71. The Kier molecular flexibility index (Phi) is 4.03. The highest BCUT2D eigenvalue weighted by atomic mass is 32.2. The smallest absolute Gasteiger partial charge is 0.146 e. The van der Waals surface area contributed by atoms with Gasteiger partial charge in [-0.25, -0.2) is 0 Å². The Bertz CT molecular complexity index is 520. The zero-order valence-electron chi connectivity index (χ0n) is 11.6. The summed E-state index contributed by atoms with van der Waals surface area (Å²) in [5.41, 5.74) is 7.84. The fraction of sp³-hybridized carbons (Fsp3) is 0.500. The molecule has 0 amide bonds. The molecule has 2 aliphatic rings. The van der Waals surface area contributed by atoms with Gasteiger partial charge in [0, 0.05) is 12.5 Å². The maximum absolute atomic E-state index is 6.03. The summed E-state index contributed by atoms with van der Waals surface area (Å²) < 4.78 is 13.3. The molecular weight excluding hydrogens is 272 g/mol. The summed E-state index contributed by atoms with van der Waals surface area (Å²) >= 11 is 1.25. The minimum atomic E-state index is 0.528. The number of nitrogens with one attached hydrogen (secondary N) is 1. The lowest BCUT2D eigenvalue weighted by Gasteiger charge is -2.29. The van der Waals surface area contributed by atoms with E-state index in [4.69, 9.17) is 10.5 Å². The maximum Gasteiger partial charge on any atom is 0.146 e. The second-order valence-electron chi connectivity index (χ2n) is 5.43. The van der Waals surface area contributed by atoms with Crippen LogP contribution in [0.4, 0.5) is 5.69 Å². The number of benzene rings is 1. The normalized spacial score (nSPS) is 22.6. The number of fused-ring (bicyclic) bond motifs is 1. The van der Waals surface area contributed by atoms with Crippen LogP contribution in [-0.4, -0.2) is 37.5 Å². The second kappa shape index (κ2) is 5.93. The van der Waals surface area contributed by atoms with Crippen molar-refractivity contribution in [1.82, 2.24) is 4.90 Å². The molecule has 5 nitrogen and oxygen atoms in total. The first-order chi connectivity index (χ1) is 9.74. The Hall–Kier alpha value is -1.40. The molecule has 108 valence electrons. The summed E-state index contributed by atoms with van der Waals surface area (Å²) in [6.07, 6.45) is 2.48. The highest BCUT2D eigenvalue weighted by Gasteiger charge is 2.21. The van der Waals surface area contributed by atoms with E-state index >= 15 is 0 Å². The predicted octanol–water partition coefficient (Wildman–Crippen LogP) is 2.10. The van der Waals surface area contributed by atoms with E-state index < -0.39 is 0 Å². The number of hydrogen-bond donors (Lipinski definition) is 2. The Morgan fingerprint density at radius 3 is 3.30 bits per heavy atom. The molecule has 0 aromatic heterocycles. The zero-order valence-corrected chi connectivity index (χ0v) is 12.4. The van der Waals surface area contributed by atoms with Gasteiger partial charge in [0.15, 0.2) is 0 Å². The summed E-state index contributed by atoms with van der Waals surface area (Å²) in [5.74, 6) is 1.94. The summed E-state index contributed by atoms with van der Waals surface area (Å²) in [6, 6.07) is 5.93. The molecule has 0 aliphatic carbocycles. The lowest BCUT2D eigenvalue weighted by Crippen LogP contribution is -2.35. The van der Waals surface area contributed by atoms with Gasteiger partial charge in [-0.3, -0.25) is 0 Å². The van der Waals surface area contributed by atoms with Gasteiger partial charge >= 0.3 is 0 Å². The van der Waals surface area contributed by atoms with Crippen molar-refractivity contribution >= 4 is 23.7 Å². The Labute approximate surface area is 123 Å². The van der Waals surface area contributed by atoms with Crippen molar-refractivity contribution in [3.63, 3.8) is 0 Å². The third-order valence-electron chi connectivity index (χ3n) is 3.78. The number of amidine groups is 1. The molecule has 1 saturated heterocycles. The molecule has 2 heterocycles. The van der Waals surface area contributed by atoms with Crippen molar-refractivity contribution in [1.29, 1.82) is 0 Å². The molecule has 1 fully saturated rings. The van der Waals surface area contributed by atoms with Crippen LogP contribution in [-0.2, 0) is 0 Å². The Morgan fingerprint density at radius 2 is 2.45 bits per heavy atom. The lowest BCUT2D eigenvalue weighted by atomic mass is 9.99. The van der Waals surface area contributed by atoms with E-state index in [1.165, 1.54) is 31.5 Å². The number of anilines is 1. The lowest BCUT2D eigenvalue weighted by molar-refractivity contribution is 0.150. The van der Waals surface area contributed by atoms with Crippen LogP contribution >= 0.6 is 12.1 Å². The van der Waals surface area contributed by atoms with Gasteiger partial charge in [0.2, 0.25) is 0 Å². The molecule has 1 aromatic carbocycles. The van der Waals surface area contributed by atoms with Crippen LogP contribution in [0.25, 0.3) is 0 Å².